The minimum atomic E-state index is -1.04. The number of aromatic hydroxyl groups is 1. The fourth-order valence-corrected chi connectivity index (χ4v) is 2.52. The number of carbonyl (C=O) groups excluding carboxylic acids is 1. The van der Waals surface area contributed by atoms with Crippen LogP contribution >= 0.6 is 15.9 Å². The Balaban J connectivity index is 2.01. The number of halogens is 1. The van der Waals surface area contributed by atoms with Gasteiger partial charge in [-0.1, -0.05) is 28.1 Å². The molecule has 0 radical (unpaired) electrons. The molecule has 25 heavy (non-hydrogen) atoms. The van der Waals surface area contributed by atoms with Crippen LogP contribution in [0.5, 0.6) is 5.75 Å². The molecule has 2 amide bonds. The van der Waals surface area contributed by atoms with E-state index < -0.39 is 28.5 Å². The van der Waals surface area contributed by atoms with E-state index in [-0.39, 0.29) is 10.9 Å². The summed E-state index contributed by atoms with van der Waals surface area (Å²) in [7, 11) is 0. The first-order valence-corrected chi connectivity index (χ1v) is 7.97. The Bertz CT molecular complexity index is 1080. The van der Waals surface area contributed by atoms with E-state index in [4.69, 9.17) is 0 Å². The SMILES string of the molecule is O=C(Nc1ccc(Br)cc1)Nc1c(O)c2ccccc2[nH]c(=O)c1=O. The Morgan fingerprint density at radius 3 is 2.40 bits per heavy atom. The summed E-state index contributed by atoms with van der Waals surface area (Å²) in [6.07, 6.45) is 0. The summed E-state index contributed by atoms with van der Waals surface area (Å²) in [5.41, 5.74) is -1.72. The Kier molecular flexibility index (Phi) is 4.53. The van der Waals surface area contributed by atoms with Crippen LogP contribution in [0.1, 0.15) is 0 Å². The Hall–Kier alpha value is -3.13. The van der Waals surface area contributed by atoms with Crippen LogP contribution in [0, 0.1) is 0 Å². The number of H-pyrrole nitrogens is 1. The van der Waals surface area contributed by atoms with Gasteiger partial charge in [0.05, 0.1) is 5.52 Å². The second-order valence-electron chi connectivity index (χ2n) is 5.14. The third-order valence-electron chi connectivity index (χ3n) is 3.44. The van der Waals surface area contributed by atoms with Crippen molar-refractivity contribution in [2.24, 2.45) is 0 Å². The third kappa shape index (κ3) is 3.53. The normalized spacial score (nSPS) is 10.4. The van der Waals surface area contributed by atoms with Crippen LogP contribution < -0.4 is 21.6 Å². The van der Waals surface area contributed by atoms with Gasteiger partial charge < -0.3 is 20.7 Å². The summed E-state index contributed by atoms with van der Waals surface area (Å²) in [5.74, 6) is -0.482. The van der Waals surface area contributed by atoms with Crippen LogP contribution in [0.15, 0.2) is 62.6 Å². The van der Waals surface area contributed by atoms with Crippen LogP contribution in [0.2, 0.25) is 0 Å². The van der Waals surface area contributed by atoms with Gasteiger partial charge in [0.1, 0.15) is 5.69 Å². The fraction of sp³-hybridized carbons (Fsp3) is 0. The van der Waals surface area contributed by atoms with Crippen LogP contribution in [-0.2, 0) is 0 Å². The first-order chi connectivity index (χ1) is 12.0. The Labute approximate surface area is 149 Å². The molecule has 0 unspecified atom stereocenters. The average molecular weight is 402 g/mol. The van der Waals surface area contributed by atoms with E-state index in [0.29, 0.717) is 5.69 Å². The number of anilines is 2. The molecule has 0 aliphatic carbocycles. The highest BCUT2D eigenvalue weighted by Gasteiger charge is 2.15. The number of hydrogen-bond donors (Lipinski definition) is 4. The highest BCUT2D eigenvalue weighted by molar-refractivity contribution is 9.10. The summed E-state index contributed by atoms with van der Waals surface area (Å²) < 4.78 is 0.839. The van der Waals surface area contributed by atoms with Gasteiger partial charge in [-0.2, -0.15) is 0 Å². The maximum absolute atomic E-state index is 12.2. The standard InChI is InChI=1S/C17H12BrN3O4/c18-9-5-7-10(8-6-9)19-17(25)21-13-14(22)11-3-1-2-4-12(11)20-16(24)15(13)23/h1-8H,(H4,19,20,21,22,23,24,25). The number of nitrogens with one attached hydrogen (secondary N) is 3. The number of rotatable bonds is 2. The molecule has 4 N–H and O–H groups in total. The van der Waals surface area contributed by atoms with Gasteiger partial charge in [0.15, 0.2) is 5.75 Å². The average Bonchev–Trinajstić information content (AvgIpc) is 2.68. The number of amides is 2. The minimum Gasteiger partial charge on any atom is -0.505 e. The summed E-state index contributed by atoms with van der Waals surface area (Å²) in [6.45, 7) is 0. The molecule has 1 aromatic heterocycles. The van der Waals surface area contributed by atoms with Crippen LogP contribution in [-0.4, -0.2) is 16.1 Å². The number of fused-ring (bicyclic) bond motifs is 1. The van der Waals surface area contributed by atoms with E-state index in [1.165, 1.54) is 6.07 Å². The summed E-state index contributed by atoms with van der Waals surface area (Å²) in [4.78, 5) is 38.6. The van der Waals surface area contributed by atoms with Gasteiger partial charge in [-0.25, -0.2) is 4.79 Å². The van der Waals surface area contributed by atoms with Crippen molar-refractivity contribution in [3.05, 3.63) is 73.6 Å². The summed E-state index contributed by atoms with van der Waals surface area (Å²) in [5, 5.41) is 15.4. The molecule has 0 aliphatic heterocycles. The van der Waals surface area contributed by atoms with E-state index in [0.717, 1.165) is 4.47 Å². The van der Waals surface area contributed by atoms with Gasteiger partial charge in [0, 0.05) is 15.5 Å². The van der Waals surface area contributed by atoms with Crippen molar-refractivity contribution >= 4 is 44.2 Å². The van der Waals surface area contributed by atoms with Gasteiger partial charge >= 0.3 is 6.03 Å². The Morgan fingerprint density at radius 2 is 1.68 bits per heavy atom. The van der Waals surface area contributed by atoms with Gasteiger partial charge in [-0.15, -0.1) is 0 Å². The first kappa shape index (κ1) is 16.7. The molecule has 0 saturated heterocycles. The zero-order valence-corrected chi connectivity index (χ0v) is 14.3. The number of hydrogen-bond acceptors (Lipinski definition) is 4. The van der Waals surface area contributed by atoms with E-state index in [9.17, 15) is 19.5 Å². The van der Waals surface area contributed by atoms with E-state index in [1.807, 2.05) is 0 Å². The quantitative estimate of drug-likeness (QED) is 0.494. The molecular weight excluding hydrogens is 390 g/mol. The predicted octanol–water partition coefficient (Wildman–Crippen LogP) is 3.00. The van der Waals surface area contributed by atoms with Gasteiger partial charge in [-0.3, -0.25) is 9.59 Å². The lowest BCUT2D eigenvalue weighted by molar-refractivity contribution is 0.262. The lowest BCUT2D eigenvalue weighted by Gasteiger charge is -2.07. The highest BCUT2D eigenvalue weighted by atomic mass is 79.9. The van der Waals surface area contributed by atoms with Crippen molar-refractivity contribution < 1.29 is 9.90 Å². The molecule has 0 bridgehead atoms. The molecule has 0 spiro atoms. The molecular formula is C17H12BrN3O4. The minimum absolute atomic E-state index is 0.237. The zero-order chi connectivity index (χ0) is 18.0. The monoisotopic (exact) mass is 401 g/mol. The van der Waals surface area contributed by atoms with Crippen molar-refractivity contribution in [2.45, 2.75) is 0 Å². The van der Waals surface area contributed by atoms with Crippen molar-refractivity contribution in [1.29, 1.82) is 0 Å². The summed E-state index contributed by atoms with van der Waals surface area (Å²) in [6, 6.07) is 12.3. The molecule has 0 saturated carbocycles. The molecule has 0 fully saturated rings. The second-order valence-corrected chi connectivity index (χ2v) is 6.05. The smallest absolute Gasteiger partial charge is 0.323 e. The number of benzene rings is 2. The zero-order valence-electron chi connectivity index (χ0n) is 12.7. The van der Waals surface area contributed by atoms with E-state index >= 15 is 0 Å². The number of aromatic amines is 1. The predicted molar refractivity (Wildman–Crippen MR) is 99.3 cm³/mol. The van der Waals surface area contributed by atoms with Crippen molar-refractivity contribution in [2.75, 3.05) is 10.6 Å². The molecule has 2 aromatic carbocycles. The highest BCUT2D eigenvalue weighted by Crippen LogP contribution is 2.26. The fourth-order valence-electron chi connectivity index (χ4n) is 2.26. The molecule has 8 heteroatoms. The second kappa shape index (κ2) is 6.78. The molecule has 0 atom stereocenters. The topological polar surface area (TPSA) is 111 Å². The maximum Gasteiger partial charge on any atom is 0.323 e. The van der Waals surface area contributed by atoms with Crippen molar-refractivity contribution in [3.8, 4) is 5.75 Å². The molecule has 3 aromatic rings. The van der Waals surface area contributed by atoms with Gasteiger partial charge in [0.2, 0.25) is 0 Å². The Morgan fingerprint density at radius 1 is 1.00 bits per heavy atom. The molecule has 126 valence electrons. The summed E-state index contributed by atoms with van der Waals surface area (Å²) >= 11 is 3.28. The van der Waals surface area contributed by atoms with Crippen LogP contribution in [0.3, 0.4) is 0 Å². The van der Waals surface area contributed by atoms with E-state index in [2.05, 4.69) is 31.5 Å². The van der Waals surface area contributed by atoms with Crippen LogP contribution in [0.25, 0.3) is 10.9 Å². The van der Waals surface area contributed by atoms with E-state index in [1.54, 1.807) is 42.5 Å². The number of carbonyl (C=O) groups is 1. The van der Waals surface area contributed by atoms with Gasteiger partial charge in [0.25, 0.3) is 11.0 Å². The largest absolute Gasteiger partial charge is 0.505 e. The third-order valence-corrected chi connectivity index (χ3v) is 3.97. The molecule has 7 nitrogen and oxygen atoms in total. The number of para-hydroxylation sites is 1. The maximum atomic E-state index is 12.2. The van der Waals surface area contributed by atoms with Crippen LogP contribution in [0.4, 0.5) is 16.2 Å². The molecule has 1 heterocycles. The van der Waals surface area contributed by atoms with Crippen molar-refractivity contribution in [1.82, 2.24) is 4.98 Å². The lowest BCUT2D eigenvalue weighted by Crippen LogP contribution is -2.30. The molecule has 3 rings (SSSR count). The lowest BCUT2D eigenvalue weighted by atomic mass is 10.2. The number of aromatic nitrogens is 1. The van der Waals surface area contributed by atoms with Gasteiger partial charge in [-0.05, 0) is 36.4 Å². The van der Waals surface area contributed by atoms with Crippen molar-refractivity contribution in [3.63, 3.8) is 0 Å². The number of urea groups is 1. The molecule has 0 aliphatic rings. The first-order valence-electron chi connectivity index (χ1n) is 7.17.